The highest BCUT2D eigenvalue weighted by molar-refractivity contribution is 6.32. The maximum atomic E-state index is 9.04. The van der Waals surface area contributed by atoms with Gasteiger partial charge >= 0.3 is 0 Å². The van der Waals surface area contributed by atoms with Crippen molar-refractivity contribution in [2.24, 2.45) is 0 Å². The van der Waals surface area contributed by atoms with Crippen molar-refractivity contribution in [1.82, 2.24) is 9.97 Å². The summed E-state index contributed by atoms with van der Waals surface area (Å²) in [6.45, 7) is 2.36. The van der Waals surface area contributed by atoms with Gasteiger partial charge in [-0.1, -0.05) is 17.7 Å². The standard InChI is InChI=1S/C13H11ClN4/c1-9-16-6-5-10(18-9)8-17-13-4-2-3-12(14)11(13)7-15/h2-6,17H,8H2,1H3. The second-order valence-corrected chi connectivity index (χ2v) is 4.13. The van der Waals surface area contributed by atoms with E-state index in [2.05, 4.69) is 21.4 Å². The first kappa shape index (κ1) is 12.3. The van der Waals surface area contributed by atoms with Crippen LogP contribution in [0, 0.1) is 18.3 Å². The Bertz CT molecular complexity index is 604. The molecule has 0 atom stereocenters. The van der Waals surface area contributed by atoms with Gasteiger partial charge in [-0.05, 0) is 25.1 Å². The number of hydrogen-bond donors (Lipinski definition) is 1. The number of halogens is 1. The number of nitrogens with zero attached hydrogens (tertiary/aromatic N) is 3. The molecule has 0 aliphatic carbocycles. The molecule has 0 saturated heterocycles. The largest absolute Gasteiger partial charge is 0.378 e. The molecule has 0 aliphatic heterocycles. The predicted octanol–water partition coefficient (Wildman–Crippen LogP) is 2.92. The molecule has 1 heterocycles. The van der Waals surface area contributed by atoms with Gasteiger partial charge < -0.3 is 5.32 Å². The van der Waals surface area contributed by atoms with Crippen LogP contribution in [0.1, 0.15) is 17.1 Å². The van der Waals surface area contributed by atoms with E-state index in [1.165, 1.54) is 0 Å². The fourth-order valence-electron chi connectivity index (χ4n) is 1.57. The van der Waals surface area contributed by atoms with Crippen molar-refractivity contribution < 1.29 is 0 Å². The summed E-state index contributed by atoms with van der Waals surface area (Å²) in [6.07, 6.45) is 1.71. The Morgan fingerprint density at radius 1 is 1.39 bits per heavy atom. The minimum Gasteiger partial charge on any atom is -0.378 e. The van der Waals surface area contributed by atoms with Gasteiger partial charge in [-0.15, -0.1) is 0 Å². The zero-order valence-corrected chi connectivity index (χ0v) is 10.6. The summed E-state index contributed by atoms with van der Waals surface area (Å²) in [5.74, 6) is 0.723. The smallest absolute Gasteiger partial charge is 0.125 e. The number of nitriles is 1. The van der Waals surface area contributed by atoms with Crippen molar-refractivity contribution in [2.45, 2.75) is 13.5 Å². The number of nitrogens with one attached hydrogen (secondary N) is 1. The van der Waals surface area contributed by atoms with Crippen LogP contribution in [0.5, 0.6) is 0 Å². The van der Waals surface area contributed by atoms with Crippen LogP contribution in [0.15, 0.2) is 30.5 Å². The van der Waals surface area contributed by atoms with Crippen LogP contribution in [0.4, 0.5) is 5.69 Å². The van der Waals surface area contributed by atoms with Crippen molar-refractivity contribution in [3.05, 3.63) is 52.6 Å². The fraction of sp³-hybridized carbons (Fsp3) is 0.154. The third kappa shape index (κ3) is 2.76. The Labute approximate surface area is 110 Å². The lowest BCUT2D eigenvalue weighted by Crippen LogP contribution is -2.04. The van der Waals surface area contributed by atoms with Gasteiger partial charge in [-0.2, -0.15) is 5.26 Å². The van der Waals surface area contributed by atoms with Gasteiger partial charge in [0.2, 0.25) is 0 Å². The summed E-state index contributed by atoms with van der Waals surface area (Å²) in [5.41, 5.74) is 2.03. The van der Waals surface area contributed by atoms with Gasteiger partial charge in [0.05, 0.1) is 28.5 Å². The molecule has 0 spiro atoms. The van der Waals surface area contributed by atoms with E-state index >= 15 is 0 Å². The Morgan fingerprint density at radius 3 is 2.94 bits per heavy atom. The monoisotopic (exact) mass is 258 g/mol. The van der Waals surface area contributed by atoms with E-state index in [1.54, 1.807) is 18.3 Å². The van der Waals surface area contributed by atoms with E-state index in [9.17, 15) is 0 Å². The zero-order chi connectivity index (χ0) is 13.0. The van der Waals surface area contributed by atoms with Crippen molar-refractivity contribution >= 4 is 17.3 Å². The van der Waals surface area contributed by atoms with E-state index in [4.69, 9.17) is 16.9 Å². The topological polar surface area (TPSA) is 61.6 Å². The molecule has 0 fully saturated rings. The molecular weight excluding hydrogens is 248 g/mol. The van der Waals surface area contributed by atoms with Crippen molar-refractivity contribution in [3.8, 4) is 6.07 Å². The Hall–Kier alpha value is -2.12. The van der Waals surface area contributed by atoms with Gasteiger partial charge in [0.15, 0.2) is 0 Å². The van der Waals surface area contributed by atoms with Crippen LogP contribution in [0.2, 0.25) is 5.02 Å². The van der Waals surface area contributed by atoms with Crippen LogP contribution in [0.3, 0.4) is 0 Å². The first-order chi connectivity index (χ1) is 8.70. The zero-order valence-electron chi connectivity index (χ0n) is 9.81. The third-order valence-electron chi connectivity index (χ3n) is 2.42. The summed E-state index contributed by atoms with van der Waals surface area (Å²) in [5, 5.41) is 12.6. The number of aryl methyl sites for hydroxylation is 1. The fourth-order valence-corrected chi connectivity index (χ4v) is 1.79. The number of anilines is 1. The number of aromatic nitrogens is 2. The first-order valence-electron chi connectivity index (χ1n) is 5.41. The van der Waals surface area contributed by atoms with Gasteiger partial charge in [-0.3, -0.25) is 0 Å². The van der Waals surface area contributed by atoms with Crippen molar-refractivity contribution in [2.75, 3.05) is 5.32 Å². The average Bonchev–Trinajstić information content (AvgIpc) is 2.36. The maximum absolute atomic E-state index is 9.04. The first-order valence-corrected chi connectivity index (χ1v) is 5.79. The summed E-state index contributed by atoms with van der Waals surface area (Å²) < 4.78 is 0. The molecule has 1 N–H and O–H groups in total. The highest BCUT2D eigenvalue weighted by Gasteiger charge is 2.06. The third-order valence-corrected chi connectivity index (χ3v) is 2.73. The lowest BCUT2D eigenvalue weighted by atomic mass is 10.2. The van der Waals surface area contributed by atoms with Crippen LogP contribution in [-0.2, 0) is 6.54 Å². The summed E-state index contributed by atoms with van der Waals surface area (Å²) in [4.78, 5) is 8.31. The van der Waals surface area contributed by atoms with E-state index in [0.717, 1.165) is 11.5 Å². The molecule has 4 nitrogen and oxygen atoms in total. The summed E-state index contributed by atoms with van der Waals surface area (Å²) in [7, 11) is 0. The molecule has 0 radical (unpaired) electrons. The lowest BCUT2D eigenvalue weighted by molar-refractivity contribution is 0.955. The van der Waals surface area contributed by atoms with E-state index in [0.29, 0.717) is 22.8 Å². The molecule has 0 amide bonds. The van der Waals surface area contributed by atoms with Gasteiger partial charge in [0, 0.05) is 6.20 Å². The second kappa shape index (κ2) is 5.48. The minimum atomic E-state index is 0.446. The molecule has 0 aliphatic rings. The molecule has 2 aromatic rings. The summed E-state index contributed by atoms with van der Waals surface area (Å²) >= 11 is 5.95. The predicted molar refractivity (Wildman–Crippen MR) is 70.3 cm³/mol. The molecule has 0 bridgehead atoms. The molecular formula is C13H11ClN4. The quantitative estimate of drug-likeness (QED) is 0.920. The molecule has 5 heteroatoms. The number of hydrogen-bond acceptors (Lipinski definition) is 4. The highest BCUT2D eigenvalue weighted by Crippen LogP contribution is 2.23. The highest BCUT2D eigenvalue weighted by atomic mass is 35.5. The van der Waals surface area contributed by atoms with Crippen LogP contribution >= 0.6 is 11.6 Å². The molecule has 0 saturated carbocycles. The Morgan fingerprint density at radius 2 is 2.22 bits per heavy atom. The molecule has 1 aromatic heterocycles. The molecule has 2 rings (SSSR count). The number of benzene rings is 1. The normalized spacial score (nSPS) is 9.83. The van der Waals surface area contributed by atoms with Crippen molar-refractivity contribution in [1.29, 1.82) is 5.26 Å². The van der Waals surface area contributed by atoms with E-state index in [-0.39, 0.29) is 0 Å². The van der Waals surface area contributed by atoms with Crippen LogP contribution < -0.4 is 5.32 Å². The molecule has 0 unspecified atom stereocenters. The number of rotatable bonds is 3. The van der Waals surface area contributed by atoms with E-state index in [1.807, 2.05) is 19.1 Å². The Balaban J connectivity index is 2.16. The van der Waals surface area contributed by atoms with Crippen LogP contribution in [-0.4, -0.2) is 9.97 Å². The SMILES string of the molecule is Cc1nccc(CNc2cccc(Cl)c2C#N)n1. The van der Waals surface area contributed by atoms with Crippen molar-refractivity contribution in [3.63, 3.8) is 0 Å². The van der Waals surface area contributed by atoms with Crippen LogP contribution in [0.25, 0.3) is 0 Å². The average molecular weight is 259 g/mol. The van der Waals surface area contributed by atoms with E-state index < -0.39 is 0 Å². The second-order valence-electron chi connectivity index (χ2n) is 3.72. The molecule has 90 valence electrons. The maximum Gasteiger partial charge on any atom is 0.125 e. The summed E-state index contributed by atoms with van der Waals surface area (Å²) in [6, 6.07) is 9.23. The molecule has 18 heavy (non-hydrogen) atoms. The Kier molecular flexibility index (Phi) is 3.75. The van der Waals surface area contributed by atoms with Gasteiger partial charge in [0.25, 0.3) is 0 Å². The molecule has 1 aromatic carbocycles. The van der Waals surface area contributed by atoms with Gasteiger partial charge in [0.1, 0.15) is 11.9 Å². The van der Waals surface area contributed by atoms with Gasteiger partial charge in [-0.25, -0.2) is 9.97 Å². The lowest BCUT2D eigenvalue weighted by Gasteiger charge is -2.08. The minimum absolute atomic E-state index is 0.446.